The summed E-state index contributed by atoms with van der Waals surface area (Å²) in [4.78, 5) is 29.1. The third-order valence-electron chi connectivity index (χ3n) is 4.64. The number of para-hydroxylation sites is 1. The van der Waals surface area contributed by atoms with Crippen LogP contribution in [0, 0.1) is 0 Å². The minimum Gasteiger partial charge on any atom is -0.497 e. The van der Waals surface area contributed by atoms with Gasteiger partial charge in [0, 0.05) is 0 Å². The number of methoxy groups -OCH3 is 1. The Morgan fingerprint density at radius 2 is 1.66 bits per heavy atom. The van der Waals surface area contributed by atoms with Crippen molar-refractivity contribution in [2.24, 2.45) is 0 Å². The first kappa shape index (κ1) is 18.4. The zero-order valence-corrected chi connectivity index (χ0v) is 15.9. The largest absolute Gasteiger partial charge is 0.497 e. The van der Waals surface area contributed by atoms with Crippen molar-refractivity contribution in [1.29, 1.82) is 0 Å². The fourth-order valence-corrected chi connectivity index (χ4v) is 3.19. The fourth-order valence-electron chi connectivity index (χ4n) is 3.19. The van der Waals surface area contributed by atoms with Crippen LogP contribution in [0.15, 0.2) is 83.7 Å². The number of nitrogens with zero attached hydrogens (tertiary/aromatic N) is 1. The summed E-state index contributed by atoms with van der Waals surface area (Å²) in [5.41, 5.74) is 4.75. The van der Waals surface area contributed by atoms with Gasteiger partial charge in [-0.15, -0.1) is 0 Å². The standard InChI is InChI=1S/C23H19N3O3/c1-29-18-13-11-17(12-14-18)22-24-20-10-6-5-9-19(20)23(28)26(22)25-21(27)15-16-7-3-2-4-8-16/h2-14H,15H2,1H3,(H,25,27)/p+1. The van der Waals surface area contributed by atoms with Gasteiger partial charge in [-0.1, -0.05) is 47.1 Å². The Labute approximate surface area is 167 Å². The van der Waals surface area contributed by atoms with Gasteiger partial charge in [0.2, 0.25) is 0 Å². The molecule has 0 aliphatic carbocycles. The summed E-state index contributed by atoms with van der Waals surface area (Å²) < 4.78 is 6.48. The van der Waals surface area contributed by atoms with Crippen molar-refractivity contribution >= 4 is 16.8 Å². The Kier molecular flexibility index (Phi) is 5.07. The quantitative estimate of drug-likeness (QED) is 0.573. The van der Waals surface area contributed by atoms with Gasteiger partial charge in [-0.2, -0.15) is 5.43 Å². The van der Waals surface area contributed by atoms with Gasteiger partial charge in [0.1, 0.15) is 16.7 Å². The number of aromatic amines is 1. The van der Waals surface area contributed by atoms with Gasteiger partial charge >= 0.3 is 11.4 Å². The Morgan fingerprint density at radius 3 is 2.38 bits per heavy atom. The lowest BCUT2D eigenvalue weighted by atomic mass is 10.1. The number of H-pyrrole nitrogens is 1. The number of carbonyl (C=O) groups excluding carboxylic acids is 1. The number of fused-ring (bicyclic) bond motifs is 1. The van der Waals surface area contributed by atoms with E-state index in [9.17, 15) is 9.59 Å². The molecule has 3 aromatic carbocycles. The highest BCUT2D eigenvalue weighted by molar-refractivity contribution is 5.87. The molecule has 1 heterocycles. The van der Waals surface area contributed by atoms with Crippen molar-refractivity contribution in [2.45, 2.75) is 6.42 Å². The summed E-state index contributed by atoms with van der Waals surface area (Å²) in [6, 6.07) is 23.9. The first-order chi connectivity index (χ1) is 14.2. The Morgan fingerprint density at radius 1 is 0.966 bits per heavy atom. The van der Waals surface area contributed by atoms with Crippen molar-refractivity contribution in [1.82, 2.24) is 4.68 Å². The van der Waals surface area contributed by atoms with Gasteiger partial charge in [-0.25, -0.2) is 9.78 Å². The molecule has 0 spiro atoms. The summed E-state index contributed by atoms with van der Waals surface area (Å²) in [5.74, 6) is 0.908. The van der Waals surface area contributed by atoms with Gasteiger partial charge in [-0.05, 0) is 42.0 Å². The number of ether oxygens (including phenoxy) is 1. The first-order valence-corrected chi connectivity index (χ1v) is 9.21. The number of hydrogen-bond acceptors (Lipinski definition) is 3. The number of rotatable bonds is 5. The van der Waals surface area contributed by atoms with Crippen LogP contribution in [0.25, 0.3) is 22.3 Å². The highest BCUT2D eigenvalue weighted by Crippen LogP contribution is 2.19. The number of aromatic nitrogens is 2. The molecule has 4 aromatic rings. The average molecular weight is 386 g/mol. The van der Waals surface area contributed by atoms with E-state index in [4.69, 9.17) is 4.74 Å². The van der Waals surface area contributed by atoms with E-state index in [1.807, 2.05) is 54.6 Å². The van der Waals surface area contributed by atoms with E-state index in [0.717, 1.165) is 11.1 Å². The van der Waals surface area contributed by atoms with Crippen LogP contribution < -0.4 is 20.7 Å². The van der Waals surface area contributed by atoms with E-state index in [0.29, 0.717) is 22.5 Å². The van der Waals surface area contributed by atoms with Crippen LogP contribution in [-0.2, 0) is 11.2 Å². The number of benzene rings is 3. The highest BCUT2D eigenvalue weighted by atomic mass is 16.5. The lowest BCUT2D eigenvalue weighted by Gasteiger charge is -2.08. The second-order valence-corrected chi connectivity index (χ2v) is 6.59. The minimum absolute atomic E-state index is 0.169. The van der Waals surface area contributed by atoms with Crippen LogP contribution in [0.1, 0.15) is 5.56 Å². The molecule has 0 aliphatic heterocycles. The van der Waals surface area contributed by atoms with E-state index >= 15 is 0 Å². The first-order valence-electron chi connectivity index (χ1n) is 9.21. The predicted molar refractivity (Wildman–Crippen MR) is 111 cm³/mol. The second-order valence-electron chi connectivity index (χ2n) is 6.59. The molecule has 1 amide bonds. The third-order valence-corrected chi connectivity index (χ3v) is 4.64. The Bertz CT molecular complexity index is 1220. The summed E-state index contributed by atoms with van der Waals surface area (Å²) in [6.45, 7) is 0. The molecule has 0 radical (unpaired) electrons. The van der Waals surface area contributed by atoms with Crippen LogP contribution in [0.4, 0.5) is 0 Å². The van der Waals surface area contributed by atoms with Gasteiger partial charge in [0.15, 0.2) is 0 Å². The molecule has 6 heteroatoms. The lowest BCUT2D eigenvalue weighted by molar-refractivity contribution is -0.337. The number of carbonyl (C=O) groups is 1. The maximum absolute atomic E-state index is 13.1. The number of amides is 1. The van der Waals surface area contributed by atoms with E-state index in [-0.39, 0.29) is 17.9 Å². The number of hydrogen-bond donors (Lipinski definition) is 1. The van der Waals surface area contributed by atoms with Gasteiger partial charge in [-0.3, -0.25) is 4.79 Å². The topological polar surface area (TPSA) is 74.5 Å². The molecule has 29 heavy (non-hydrogen) atoms. The molecule has 0 fully saturated rings. The van der Waals surface area contributed by atoms with Crippen LogP contribution in [0.3, 0.4) is 0 Å². The van der Waals surface area contributed by atoms with E-state index in [1.165, 1.54) is 4.68 Å². The molecule has 0 aliphatic rings. The van der Waals surface area contributed by atoms with Crippen molar-refractivity contribution in [3.8, 4) is 17.1 Å². The summed E-state index contributed by atoms with van der Waals surface area (Å²) in [6.07, 6.45) is 0.169. The summed E-state index contributed by atoms with van der Waals surface area (Å²) in [7, 11) is 1.59. The smallest absolute Gasteiger partial charge is 0.369 e. The van der Waals surface area contributed by atoms with Crippen LogP contribution >= 0.6 is 0 Å². The molecule has 1 aromatic heterocycles. The number of nitrogens with one attached hydrogen (secondary N) is 2. The SMILES string of the molecule is COc1ccc(-c2[nH+]c3ccccc3c(=O)n2NC(=O)Cc2ccccc2)cc1. The fraction of sp³-hybridized carbons (Fsp3) is 0.0870. The van der Waals surface area contributed by atoms with Crippen LogP contribution in [-0.4, -0.2) is 17.7 Å². The highest BCUT2D eigenvalue weighted by Gasteiger charge is 2.22. The molecular weight excluding hydrogens is 366 g/mol. The van der Waals surface area contributed by atoms with Gasteiger partial charge in [0.25, 0.3) is 5.91 Å². The summed E-state index contributed by atoms with van der Waals surface area (Å²) >= 11 is 0. The lowest BCUT2D eigenvalue weighted by Crippen LogP contribution is -2.39. The molecule has 2 N–H and O–H groups in total. The average Bonchev–Trinajstić information content (AvgIpc) is 2.76. The zero-order valence-electron chi connectivity index (χ0n) is 15.9. The van der Waals surface area contributed by atoms with Crippen molar-refractivity contribution in [2.75, 3.05) is 12.5 Å². The van der Waals surface area contributed by atoms with Gasteiger partial charge in [0.05, 0.1) is 19.1 Å². The van der Waals surface area contributed by atoms with Gasteiger partial charge < -0.3 is 4.74 Å². The summed E-state index contributed by atoms with van der Waals surface area (Å²) in [5, 5.41) is 0.491. The molecule has 0 atom stereocenters. The molecule has 0 unspecified atom stereocenters. The van der Waals surface area contributed by atoms with E-state index < -0.39 is 0 Å². The van der Waals surface area contributed by atoms with Crippen LogP contribution in [0.5, 0.6) is 5.75 Å². The molecule has 0 bridgehead atoms. The van der Waals surface area contributed by atoms with Crippen LogP contribution in [0.2, 0.25) is 0 Å². The second kappa shape index (κ2) is 7.98. The Hall–Kier alpha value is -3.93. The maximum atomic E-state index is 13.1. The normalized spacial score (nSPS) is 10.7. The molecule has 0 saturated carbocycles. The molecule has 6 nitrogen and oxygen atoms in total. The molecule has 0 saturated heterocycles. The monoisotopic (exact) mass is 386 g/mol. The molecule has 4 rings (SSSR count). The van der Waals surface area contributed by atoms with E-state index in [1.54, 1.807) is 31.4 Å². The predicted octanol–water partition coefficient (Wildman–Crippen LogP) is 2.80. The van der Waals surface area contributed by atoms with E-state index in [2.05, 4.69) is 10.4 Å². The van der Waals surface area contributed by atoms with Crippen molar-refractivity contribution < 1.29 is 14.5 Å². The zero-order chi connectivity index (χ0) is 20.2. The third kappa shape index (κ3) is 3.87. The molecular formula is C23H20N3O3+. The molecule has 144 valence electrons. The Balaban J connectivity index is 1.78. The van der Waals surface area contributed by atoms with Crippen molar-refractivity contribution in [3.63, 3.8) is 0 Å². The minimum atomic E-state index is -0.299. The van der Waals surface area contributed by atoms with Crippen molar-refractivity contribution in [3.05, 3.63) is 94.8 Å². The maximum Gasteiger partial charge on any atom is 0.369 e.